The highest BCUT2D eigenvalue weighted by molar-refractivity contribution is 7.20. The van der Waals surface area contributed by atoms with E-state index < -0.39 is 5.97 Å². The zero-order valence-electron chi connectivity index (χ0n) is 30.1. The van der Waals surface area contributed by atoms with Crippen LogP contribution in [-0.2, 0) is 18.0 Å². The topological polar surface area (TPSA) is 65.0 Å². The second-order valence-electron chi connectivity index (χ2n) is 13.1. The van der Waals surface area contributed by atoms with Crippen molar-refractivity contribution in [1.29, 1.82) is 0 Å². The molecule has 1 heterocycles. The average molecular weight is 771 g/mol. The first-order valence-electron chi connectivity index (χ1n) is 18.1. The number of halogens is 1. The van der Waals surface area contributed by atoms with Crippen molar-refractivity contribution in [2.45, 2.75) is 13.2 Å². The molecule has 0 unspecified atom stereocenters. The lowest BCUT2D eigenvalue weighted by molar-refractivity contribution is -0.130. The minimum absolute atomic E-state index is 0.143. The first-order chi connectivity index (χ1) is 27.5. The highest BCUT2D eigenvalue weighted by Gasteiger charge is 2.21. The molecule has 7 aromatic carbocycles. The van der Waals surface area contributed by atoms with Gasteiger partial charge in [0, 0.05) is 21.2 Å². The van der Waals surface area contributed by atoms with Crippen LogP contribution in [0.2, 0.25) is 5.02 Å². The molecule has 0 aliphatic heterocycles. The van der Waals surface area contributed by atoms with Gasteiger partial charge in [0.15, 0.2) is 17.2 Å². The number of rotatable bonds is 13. The number of carbonyl (C=O) groups is 1. The molecule has 0 amide bonds. The largest absolute Gasteiger partial charge is 0.485 e. The second-order valence-corrected chi connectivity index (χ2v) is 14.6. The molecule has 0 aliphatic carbocycles. The average Bonchev–Trinajstić information content (AvgIpc) is 3.57. The Morgan fingerprint density at radius 3 is 1.59 bits per heavy atom. The quantitative estimate of drug-likeness (QED) is 0.118. The van der Waals surface area contributed by atoms with Crippen molar-refractivity contribution in [3.63, 3.8) is 0 Å². The molecule has 8 aromatic rings. The smallest absolute Gasteiger partial charge is 0.336 e. The zero-order chi connectivity index (χ0) is 38.3. The van der Waals surface area contributed by atoms with Gasteiger partial charge in [0.1, 0.15) is 19.0 Å². The summed E-state index contributed by atoms with van der Waals surface area (Å²) in [5, 5.41) is 11.7. The molecule has 0 spiro atoms. The lowest BCUT2D eigenvalue weighted by Crippen LogP contribution is -2.01. The second kappa shape index (κ2) is 16.8. The van der Waals surface area contributed by atoms with E-state index in [2.05, 4.69) is 72.8 Å². The van der Waals surface area contributed by atoms with Gasteiger partial charge in [0.2, 0.25) is 0 Å². The van der Waals surface area contributed by atoms with Gasteiger partial charge in [-0.15, -0.1) is 11.3 Å². The molecule has 7 heteroatoms. The number of hydrogen-bond acceptors (Lipinski definition) is 5. The fourth-order valence-electron chi connectivity index (χ4n) is 6.33. The third-order valence-electron chi connectivity index (χ3n) is 9.27. The molecule has 0 saturated heterocycles. The molecule has 5 nitrogen and oxygen atoms in total. The van der Waals surface area contributed by atoms with E-state index in [4.69, 9.17) is 25.8 Å². The minimum atomic E-state index is -1.05. The Hall–Kier alpha value is -6.60. The van der Waals surface area contributed by atoms with Crippen molar-refractivity contribution in [3.8, 4) is 45.3 Å². The summed E-state index contributed by atoms with van der Waals surface area (Å²) in [6.07, 6.45) is 1.66. The van der Waals surface area contributed by atoms with Crippen LogP contribution >= 0.6 is 22.9 Å². The number of carboxylic acid groups (broad SMARTS) is 1. The molecule has 1 aromatic heterocycles. The predicted molar refractivity (Wildman–Crippen MR) is 228 cm³/mol. The number of thiophene rings is 1. The Morgan fingerprint density at radius 1 is 0.589 bits per heavy atom. The lowest BCUT2D eigenvalue weighted by Gasteiger charge is -2.15. The van der Waals surface area contributed by atoms with Gasteiger partial charge < -0.3 is 19.3 Å². The molecule has 0 aliphatic rings. The predicted octanol–water partition coefficient (Wildman–Crippen LogP) is 13.5. The van der Waals surface area contributed by atoms with E-state index in [1.165, 1.54) is 11.3 Å². The van der Waals surface area contributed by atoms with Crippen LogP contribution in [0.3, 0.4) is 0 Å². The van der Waals surface area contributed by atoms with Crippen LogP contribution in [0, 0.1) is 0 Å². The maximum Gasteiger partial charge on any atom is 0.336 e. The third-order valence-corrected chi connectivity index (χ3v) is 10.6. The highest BCUT2D eigenvalue weighted by Crippen LogP contribution is 2.47. The summed E-state index contributed by atoms with van der Waals surface area (Å²) in [6.45, 7) is 0.607. The van der Waals surface area contributed by atoms with E-state index in [-0.39, 0.29) is 5.57 Å². The normalized spacial score (nSPS) is 11.3. The fourth-order valence-corrected chi connectivity index (χ4v) is 7.55. The molecule has 0 radical (unpaired) electrons. The van der Waals surface area contributed by atoms with Crippen molar-refractivity contribution in [1.82, 2.24) is 0 Å². The minimum Gasteiger partial charge on any atom is -0.485 e. The first-order valence-corrected chi connectivity index (χ1v) is 19.2. The van der Waals surface area contributed by atoms with E-state index >= 15 is 0 Å². The number of fused-ring (bicyclic) bond motifs is 1. The van der Waals surface area contributed by atoms with Crippen molar-refractivity contribution in [2.24, 2.45) is 0 Å². The van der Waals surface area contributed by atoms with E-state index in [1.807, 2.05) is 66.7 Å². The van der Waals surface area contributed by atoms with Crippen molar-refractivity contribution >= 4 is 50.6 Å². The van der Waals surface area contributed by atoms with Crippen LogP contribution in [-0.4, -0.2) is 11.1 Å². The molecule has 274 valence electrons. The maximum atomic E-state index is 12.6. The summed E-state index contributed by atoms with van der Waals surface area (Å²) in [7, 11) is 0. The van der Waals surface area contributed by atoms with Gasteiger partial charge >= 0.3 is 5.97 Å². The molecule has 0 saturated carbocycles. The highest BCUT2D eigenvalue weighted by atomic mass is 35.5. The summed E-state index contributed by atoms with van der Waals surface area (Å²) in [5.41, 5.74) is 7.26. The van der Waals surface area contributed by atoms with Gasteiger partial charge in [-0.2, -0.15) is 0 Å². The molecule has 0 atom stereocenters. The van der Waals surface area contributed by atoms with E-state index in [9.17, 15) is 9.90 Å². The molecule has 0 bridgehead atoms. The van der Waals surface area contributed by atoms with E-state index in [0.717, 1.165) is 43.5 Å². The summed E-state index contributed by atoms with van der Waals surface area (Å²) >= 11 is 7.62. The molecular weight excluding hydrogens is 736 g/mol. The van der Waals surface area contributed by atoms with Gasteiger partial charge in [-0.3, -0.25) is 0 Å². The van der Waals surface area contributed by atoms with Crippen molar-refractivity contribution in [2.75, 3.05) is 0 Å². The van der Waals surface area contributed by atoms with E-state index in [1.54, 1.807) is 42.5 Å². The van der Waals surface area contributed by atoms with Gasteiger partial charge in [0.25, 0.3) is 0 Å². The van der Waals surface area contributed by atoms with Crippen LogP contribution in [0.15, 0.2) is 176 Å². The molecular formula is C49H35ClO5S. The lowest BCUT2D eigenvalue weighted by atomic mass is 10.0. The van der Waals surface area contributed by atoms with Crippen LogP contribution in [0.1, 0.15) is 21.6 Å². The number of hydrogen-bond donors (Lipinski definition) is 1. The number of aliphatic carboxylic acids is 1. The van der Waals surface area contributed by atoms with Gasteiger partial charge in [-0.1, -0.05) is 151 Å². The number of benzene rings is 7. The third kappa shape index (κ3) is 8.53. The van der Waals surface area contributed by atoms with Crippen molar-refractivity contribution < 1.29 is 24.1 Å². The van der Waals surface area contributed by atoms with Crippen LogP contribution < -0.4 is 14.2 Å². The zero-order valence-corrected chi connectivity index (χ0v) is 31.7. The Bertz CT molecular complexity index is 2600. The van der Waals surface area contributed by atoms with Gasteiger partial charge in [-0.25, -0.2) is 4.79 Å². The van der Waals surface area contributed by atoms with Crippen LogP contribution in [0.25, 0.3) is 44.0 Å². The molecule has 0 fully saturated rings. The Kier molecular flexibility index (Phi) is 10.9. The standard InChI is InChI=1S/C49H35ClO5S/c50-40-24-26-41(27-25-40)55-48-43-28-44(53-31-33-16-20-37(21-17-33)35-10-4-1-5-11-35)45(54-32-34-18-22-38(23-19-34)36-12-6-2-7-13-36)30-46(43)56-47(48)29-42(49(51)52)39-14-8-3-9-15-39/h1-30H,31-32H2,(H,51,52). The SMILES string of the molecule is O=C(O)C(=Cc1sc2cc(OCc3ccc(-c4ccccc4)cc3)c(OCc3ccc(-c4ccccc4)cc3)cc2c1Oc1ccc(Cl)cc1)c1ccccc1. The van der Waals surface area contributed by atoms with E-state index in [0.29, 0.717) is 51.7 Å². The first kappa shape index (κ1) is 36.4. The van der Waals surface area contributed by atoms with Gasteiger partial charge in [0.05, 0.1) is 10.5 Å². The van der Waals surface area contributed by atoms with Crippen molar-refractivity contribution in [3.05, 3.63) is 203 Å². The summed E-state index contributed by atoms with van der Waals surface area (Å²) in [6, 6.07) is 57.1. The maximum absolute atomic E-state index is 12.6. The van der Waals surface area contributed by atoms with Crippen LogP contribution in [0.5, 0.6) is 23.0 Å². The summed E-state index contributed by atoms with van der Waals surface area (Å²) in [5.74, 6) is 1.10. The monoisotopic (exact) mass is 770 g/mol. The Morgan fingerprint density at radius 2 is 1.07 bits per heavy atom. The molecule has 1 N–H and O–H groups in total. The number of ether oxygens (including phenoxy) is 3. The Balaban J connectivity index is 1.17. The molecule has 8 rings (SSSR count). The van der Waals surface area contributed by atoms with Gasteiger partial charge in [-0.05, 0) is 75.4 Å². The number of carboxylic acids is 1. The fraction of sp³-hybridized carbons (Fsp3) is 0.0408. The Labute approximate surface area is 334 Å². The summed E-state index contributed by atoms with van der Waals surface area (Å²) < 4.78 is 20.5. The van der Waals surface area contributed by atoms with Crippen LogP contribution in [0.4, 0.5) is 0 Å². The summed E-state index contributed by atoms with van der Waals surface area (Å²) in [4.78, 5) is 13.3. The molecule has 56 heavy (non-hydrogen) atoms.